The van der Waals surface area contributed by atoms with Crippen LogP contribution in [0.3, 0.4) is 0 Å². The molecule has 0 aliphatic carbocycles. The van der Waals surface area contributed by atoms with Crippen LogP contribution in [-0.2, 0) is 4.79 Å². The molecule has 1 aromatic heterocycles. The van der Waals surface area contributed by atoms with Gasteiger partial charge in [0, 0.05) is 23.5 Å². The van der Waals surface area contributed by atoms with Crippen molar-refractivity contribution in [3.8, 4) is 0 Å². The van der Waals surface area contributed by atoms with Gasteiger partial charge in [0.05, 0.1) is 0 Å². The molecule has 0 aliphatic heterocycles. The Morgan fingerprint density at radius 3 is 3.00 bits per heavy atom. The minimum Gasteiger partial charge on any atom is -0.327 e. The van der Waals surface area contributed by atoms with E-state index in [0.29, 0.717) is 11.6 Å². The number of carbonyl (C=O) groups excluding carboxylic acids is 1. The summed E-state index contributed by atoms with van der Waals surface area (Å²) in [5, 5.41) is 3.39. The lowest BCUT2D eigenvalue weighted by molar-refractivity contribution is -0.116. The zero-order valence-electron chi connectivity index (χ0n) is 9.12. The van der Waals surface area contributed by atoms with Crippen molar-refractivity contribution in [2.75, 3.05) is 5.32 Å². The highest BCUT2D eigenvalue weighted by atomic mass is 32.1. The van der Waals surface area contributed by atoms with E-state index in [2.05, 4.69) is 17.2 Å². The van der Waals surface area contributed by atoms with Crippen LogP contribution in [0.4, 0.5) is 5.13 Å². The zero-order chi connectivity index (χ0) is 11.3. The molecule has 3 N–H and O–H groups in total. The number of carbonyl (C=O) groups is 1. The molecule has 0 radical (unpaired) electrons. The molecule has 4 nitrogen and oxygen atoms in total. The first-order valence-electron chi connectivity index (χ1n) is 5.09. The standard InChI is InChI=1S/C10H17N3OS/c1-3-4-8(11)5-9(14)13-10-12-6-7(2)15-10/h6,8H,3-5,11H2,1-2H3,(H,12,13,14). The summed E-state index contributed by atoms with van der Waals surface area (Å²) in [5.74, 6) is -0.0506. The molecule has 1 unspecified atom stereocenters. The maximum Gasteiger partial charge on any atom is 0.227 e. The zero-order valence-corrected chi connectivity index (χ0v) is 9.93. The van der Waals surface area contributed by atoms with E-state index in [-0.39, 0.29) is 11.9 Å². The Morgan fingerprint density at radius 2 is 2.47 bits per heavy atom. The highest BCUT2D eigenvalue weighted by molar-refractivity contribution is 7.15. The van der Waals surface area contributed by atoms with E-state index in [1.54, 1.807) is 6.20 Å². The van der Waals surface area contributed by atoms with E-state index in [9.17, 15) is 4.79 Å². The predicted octanol–water partition coefficient (Wildman–Crippen LogP) is 1.91. The van der Waals surface area contributed by atoms with Gasteiger partial charge < -0.3 is 11.1 Å². The fourth-order valence-corrected chi connectivity index (χ4v) is 1.97. The monoisotopic (exact) mass is 227 g/mol. The number of nitrogens with zero attached hydrogens (tertiary/aromatic N) is 1. The highest BCUT2D eigenvalue weighted by Crippen LogP contribution is 2.16. The third kappa shape index (κ3) is 4.40. The number of thiazole rings is 1. The van der Waals surface area contributed by atoms with Crippen molar-refractivity contribution in [1.82, 2.24) is 4.98 Å². The lowest BCUT2D eigenvalue weighted by Gasteiger charge is -2.08. The average Bonchev–Trinajstić information content (AvgIpc) is 2.51. The smallest absolute Gasteiger partial charge is 0.227 e. The van der Waals surface area contributed by atoms with Crippen LogP contribution in [0.5, 0.6) is 0 Å². The molecule has 1 aromatic rings. The van der Waals surface area contributed by atoms with Gasteiger partial charge in [0.2, 0.25) is 5.91 Å². The molecule has 15 heavy (non-hydrogen) atoms. The van der Waals surface area contributed by atoms with Crippen molar-refractivity contribution in [1.29, 1.82) is 0 Å². The molecule has 0 saturated heterocycles. The van der Waals surface area contributed by atoms with Crippen LogP contribution in [-0.4, -0.2) is 16.9 Å². The summed E-state index contributed by atoms with van der Waals surface area (Å²) in [5.41, 5.74) is 5.77. The molecular formula is C10H17N3OS. The highest BCUT2D eigenvalue weighted by Gasteiger charge is 2.10. The molecule has 1 amide bonds. The normalized spacial score (nSPS) is 12.5. The summed E-state index contributed by atoms with van der Waals surface area (Å²) in [6.45, 7) is 4.01. The van der Waals surface area contributed by atoms with Crippen molar-refractivity contribution in [3.05, 3.63) is 11.1 Å². The summed E-state index contributed by atoms with van der Waals surface area (Å²) < 4.78 is 0. The van der Waals surface area contributed by atoms with Gasteiger partial charge in [-0.25, -0.2) is 4.98 Å². The topological polar surface area (TPSA) is 68.0 Å². The molecule has 0 bridgehead atoms. The number of aryl methyl sites for hydroxylation is 1. The molecule has 1 atom stereocenters. The van der Waals surface area contributed by atoms with Gasteiger partial charge in [0.15, 0.2) is 5.13 Å². The largest absolute Gasteiger partial charge is 0.327 e. The number of amides is 1. The second-order valence-corrected chi connectivity index (χ2v) is 4.81. The van der Waals surface area contributed by atoms with Gasteiger partial charge in [-0.3, -0.25) is 4.79 Å². The molecule has 0 aromatic carbocycles. The van der Waals surface area contributed by atoms with Crippen molar-refractivity contribution < 1.29 is 4.79 Å². The number of aromatic nitrogens is 1. The van der Waals surface area contributed by atoms with E-state index in [0.717, 1.165) is 17.7 Å². The first-order valence-corrected chi connectivity index (χ1v) is 5.91. The average molecular weight is 227 g/mol. The Hall–Kier alpha value is -0.940. The van der Waals surface area contributed by atoms with Gasteiger partial charge in [-0.2, -0.15) is 0 Å². The summed E-state index contributed by atoms with van der Waals surface area (Å²) in [6.07, 6.45) is 3.99. The van der Waals surface area contributed by atoms with E-state index in [1.807, 2.05) is 6.92 Å². The van der Waals surface area contributed by atoms with Crippen LogP contribution in [0.25, 0.3) is 0 Å². The van der Waals surface area contributed by atoms with Crippen LogP contribution in [0.15, 0.2) is 6.20 Å². The van der Waals surface area contributed by atoms with Crippen molar-refractivity contribution in [2.24, 2.45) is 5.73 Å². The Morgan fingerprint density at radius 1 is 1.73 bits per heavy atom. The minimum absolute atomic E-state index is 0.0453. The summed E-state index contributed by atoms with van der Waals surface area (Å²) in [6, 6.07) is -0.0453. The van der Waals surface area contributed by atoms with Crippen LogP contribution < -0.4 is 11.1 Å². The number of anilines is 1. The summed E-state index contributed by atoms with van der Waals surface area (Å²) >= 11 is 1.47. The third-order valence-corrected chi connectivity index (χ3v) is 2.80. The molecule has 0 aliphatic rings. The maximum atomic E-state index is 11.5. The van der Waals surface area contributed by atoms with Crippen LogP contribution in [0, 0.1) is 6.92 Å². The van der Waals surface area contributed by atoms with Gasteiger partial charge in [-0.1, -0.05) is 13.3 Å². The molecule has 1 heterocycles. The lowest BCUT2D eigenvalue weighted by atomic mass is 10.1. The van der Waals surface area contributed by atoms with Crippen LogP contribution in [0.1, 0.15) is 31.1 Å². The number of hydrogen-bond acceptors (Lipinski definition) is 4. The first kappa shape index (κ1) is 12.1. The predicted molar refractivity (Wildman–Crippen MR) is 63.0 cm³/mol. The number of nitrogens with two attached hydrogens (primary N) is 1. The van der Waals surface area contributed by atoms with Crippen LogP contribution >= 0.6 is 11.3 Å². The molecule has 1 rings (SSSR count). The van der Waals surface area contributed by atoms with E-state index in [1.165, 1.54) is 11.3 Å². The first-order chi connectivity index (χ1) is 7.11. The molecule has 0 fully saturated rings. The fraction of sp³-hybridized carbons (Fsp3) is 0.600. The van der Waals surface area contributed by atoms with Gasteiger partial charge in [0.1, 0.15) is 0 Å². The quantitative estimate of drug-likeness (QED) is 0.807. The molecule has 0 saturated carbocycles. The van der Waals surface area contributed by atoms with Gasteiger partial charge in [0.25, 0.3) is 0 Å². The van der Waals surface area contributed by atoms with Crippen molar-refractivity contribution in [3.63, 3.8) is 0 Å². The molecule has 84 valence electrons. The molecule has 5 heteroatoms. The van der Waals surface area contributed by atoms with E-state index in [4.69, 9.17) is 5.73 Å². The number of nitrogens with one attached hydrogen (secondary N) is 1. The van der Waals surface area contributed by atoms with Gasteiger partial charge in [-0.05, 0) is 13.3 Å². The Kier molecular flexibility index (Phi) is 4.71. The van der Waals surface area contributed by atoms with Crippen LogP contribution in [0.2, 0.25) is 0 Å². The maximum absolute atomic E-state index is 11.5. The SMILES string of the molecule is CCCC(N)CC(=O)Nc1ncc(C)s1. The van der Waals surface area contributed by atoms with E-state index >= 15 is 0 Å². The number of rotatable bonds is 5. The summed E-state index contributed by atoms with van der Waals surface area (Å²) in [4.78, 5) is 16.6. The van der Waals surface area contributed by atoms with Gasteiger partial charge >= 0.3 is 0 Å². The minimum atomic E-state index is -0.0506. The summed E-state index contributed by atoms with van der Waals surface area (Å²) in [7, 11) is 0. The lowest BCUT2D eigenvalue weighted by Crippen LogP contribution is -2.26. The Labute approximate surface area is 93.9 Å². The van der Waals surface area contributed by atoms with Crippen molar-refractivity contribution >= 4 is 22.4 Å². The Bertz CT molecular complexity index is 324. The fourth-order valence-electron chi connectivity index (χ4n) is 1.29. The van der Waals surface area contributed by atoms with Crippen molar-refractivity contribution in [2.45, 2.75) is 39.2 Å². The molecule has 0 spiro atoms. The Balaban J connectivity index is 2.36. The number of hydrogen-bond donors (Lipinski definition) is 2. The molecular weight excluding hydrogens is 210 g/mol. The third-order valence-electron chi connectivity index (χ3n) is 1.97. The van der Waals surface area contributed by atoms with Gasteiger partial charge in [-0.15, -0.1) is 11.3 Å². The second-order valence-electron chi connectivity index (χ2n) is 3.58. The van der Waals surface area contributed by atoms with E-state index < -0.39 is 0 Å². The second kappa shape index (κ2) is 5.82.